The Bertz CT molecular complexity index is 3160. The Hall–Kier alpha value is -6.90. The molecule has 1 aliphatic heterocycles. The Morgan fingerprint density at radius 3 is 1.81 bits per heavy atom. The standard InChI is InChI=1S/C52H32O2/c1-2-12-32-29-34(22-21-31(32)11-1)49-39-16-5-7-18-41(39)50(42-19-8-6-17-40(42)49)43-25-24-35(36-13-3-4-14-37(36)43)33-23-28-48-46(30-33)45-27-26-44-38-15-9-10-20-47(38)53-51(44)52(45)54-48/h1-30,44,51H. The topological polar surface area (TPSA) is 22.4 Å². The van der Waals surface area contributed by atoms with Crippen LogP contribution in [0.1, 0.15) is 28.9 Å². The van der Waals surface area contributed by atoms with Crippen molar-refractivity contribution in [3.05, 3.63) is 193 Å². The fourth-order valence-electron chi connectivity index (χ4n) is 9.39. The maximum absolute atomic E-state index is 6.56. The number of hydrogen-bond donors (Lipinski definition) is 0. The highest BCUT2D eigenvalue weighted by molar-refractivity contribution is 6.24. The number of benzene rings is 9. The second-order valence-electron chi connectivity index (χ2n) is 14.7. The molecule has 2 atom stereocenters. The summed E-state index contributed by atoms with van der Waals surface area (Å²) in [6, 6.07) is 61.9. The molecule has 54 heavy (non-hydrogen) atoms. The molecule has 10 aromatic rings. The van der Waals surface area contributed by atoms with Crippen LogP contribution in [0.15, 0.2) is 180 Å². The lowest BCUT2D eigenvalue weighted by Crippen LogP contribution is -2.11. The second kappa shape index (κ2) is 11.3. The average molecular weight is 689 g/mol. The van der Waals surface area contributed by atoms with E-state index in [1.54, 1.807) is 0 Å². The maximum atomic E-state index is 6.56. The van der Waals surface area contributed by atoms with Gasteiger partial charge in [-0.3, -0.25) is 0 Å². The number of hydrogen-bond acceptors (Lipinski definition) is 2. The molecule has 0 radical (unpaired) electrons. The van der Waals surface area contributed by atoms with E-state index in [0.717, 1.165) is 28.0 Å². The maximum Gasteiger partial charge on any atom is 0.167 e. The molecule has 2 unspecified atom stereocenters. The zero-order valence-electron chi connectivity index (χ0n) is 29.3. The van der Waals surface area contributed by atoms with Gasteiger partial charge < -0.3 is 9.15 Å². The molecule has 0 amide bonds. The quantitative estimate of drug-likeness (QED) is 0.172. The van der Waals surface area contributed by atoms with Crippen molar-refractivity contribution < 1.29 is 9.15 Å². The molecule has 9 aromatic carbocycles. The van der Waals surface area contributed by atoms with Gasteiger partial charge in [0.1, 0.15) is 11.3 Å². The molecule has 0 fully saturated rings. The first-order valence-corrected chi connectivity index (χ1v) is 18.7. The first-order valence-electron chi connectivity index (χ1n) is 18.7. The van der Waals surface area contributed by atoms with Crippen LogP contribution in [0.25, 0.3) is 93.5 Å². The molecule has 2 heterocycles. The van der Waals surface area contributed by atoms with Crippen molar-refractivity contribution in [3.63, 3.8) is 0 Å². The molecule has 0 spiro atoms. The lowest BCUT2D eigenvalue weighted by atomic mass is 9.83. The van der Waals surface area contributed by atoms with Crippen molar-refractivity contribution in [2.45, 2.75) is 12.0 Å². The first kappa shape index (κ1) is 29.7. The molecule has 0 saturated carbocycles. The number of rotatable bonds is 3. The summed E-state index contributed by atoms with van der Waals surface area (Å²) < 4.78 is 13.0. The van der Waals surface area contributed by atoms with Crippen molar-refractivity contribution in [2.24, 2.45) is 0 Å². The zero-order valence-corrected chi connectivity index (χ0v) is 29.3. The van der Waals surface area contributed by atoms with Crippen LogP contribution in [0, 0.1) is 0 Å². The van der Waals surface area contributed by atoms with Gasteiger partial charge in [-0.25, -0.2) is 0 Å². The van der Waals surface area contributed by atoms with Crippen LogP contribution in [0.3, 0.4) is 0 Å². The predicted octanol–water partition coefficient (Wildman–Crippen LogP) is 14.3. The minimum Gasteiger partial charge on any atom is -0.481 e. The lowest BCUT2D eigenvalue weighted by molar-refractivity contribution is 0.193. The molecule has 0 saturated heterocycles. The van der Waals surface area contributed by atoms with Crippen LogP contribution >= 0.6 is 0 Å². The number of para-hydroxylation sites is 1. The highest BCUT2D eigenvalue weighted by Gasteiger charge is 2.40. The molecule has 0 bridgehead atoms. The summed E-state index contributed by atoms with van der Waals surface area (Å²) in [6.07, 6.45) is 4.37. The molecule has 0 N–H and O–H groups in total. The third-order valence-electron chi connectivity index (χ3n) is 11.8. The van der Waals surface area contributed by atoms with Crippen molar-refractivity contribution in [1.29, 1.82) is 0 Å². The van der Waals surface area contributed by atoms with Gasteiger partial charge in [-0.2, -0.15) is 0 Å². The molecular formula is C52H32O2. The SMILES string of the molecule is C1=CC2c3ccccc3OC2c2oc3ccc(-c4ccc(-c5c6ccccc6c(-c6ccc7ccccc7c6)c6ccccc56)c5ccccc45)cc3c21. The molecular weight excluding hydrogens is 657 g/mol. The monoisotopic (exact) mass is 688 g/mol. The van der Waals surface area contributed by atoms with Crippen LogP contribution in [-0.4, -0.2) is 0 Å². The van der Waals surface area contributed by atoms with Gasteiger partial charge in [-0.1, -0.05) is 158 Å². The van der Waals surface area contributed by atoms with E-state index in [0.29, 0.717) is 0 Å². The van der Waals surface area contributed by atoms with Crippen LogP contribution in [-0.2, 0) is 0 Å². The Kier molecular flexibility index (Phi) is 6.20. The number of furan rings is 1. The smallest absolute Gasteiger partial charge is 0.167 e. The van der Waals surface area contributed by atoms with Gasteiger partial charge in [-0.05, 0) is 101 Å². The van der Waals surface area contributed by atoms with Crippen LogP contribution in [0.4, 0.5) is 0 Å². The van der Waals surface area contributed by atoms with Gasteiger partial charge in [0.25, 0.3) is 0 Å². The Labute approximate surface area is 312 Å². The molecule has 1 aliphatic carbocycles. The predicted molar refractivity (Wildman–Crippen MR) is 224 cm³/mol. The normalized spacial score (nSPS) is 15.9. The third-order valence-corrected chi connectivity index (χ3v) is 11.8. The highest BCUT2D eigenvalue weighted by atomic mass is 16.5. The summed E-state index contributed by atoms with van der Waals surface area (Å²) in [5.74, 6) is 2.03. The number of fused-ring (bicyclic) bond motifs is 11. The summed E-state index contributed by atoms with van der Waals surface area (Å²) >= 11 is 0. The summed E-state index contributed by atoms with van der Waals surface area (Å²) in [4.78, 5) is 0. The van der Waals surface area contributed by atoms with Gasteiger partial charge in [0.15, 0.2) is 11.9 Å². The number of ether oxygens (including phenoxy) is 1. The van der Waals surface area contributed by atoms with Gasteiger partial charge in [0.2, 0.25) is 0 Å². The molecule has 2 nitrogen and oxygen atoms in total. The van der Waals surface area contributed by atoms with Crippen molar-refractivity contribution in [1.82, 2.24) is 0 Å². The van der Waals surface area contributed by atoms with Crippen molar-refractivity contribution in [2.75, 3.05) is 0 Å². The molecule has 1 aromatic heterocycles. The Morgan fingerprint density at radius 2 is 1.04 bits per heavy atom. The molecule has 2 aliphatic rings. The van der Waals surface area contributed by atoms with Crippen LogP contribution in [0.2, 0.25) is 0 Å². The van der Waals surface area contributed by atoms with Gasteiger partial charge in [0.05, 0.1) is 5.92 Å². The van der Waals surface area contributed by atoms with E-state index in [1.807, 2.05) is 6.07 Å². The zero-order chi connectivity index (χ0) is 35.3. The Balaban J connectivity index is 1.04. The minimum absolute atomic E-state index is 0.143. The average Bonchev–Trinajstić information content (AvgIpc) is 3.81. The van der Waals surface area contributed by atoms with E-state index in [-0.39, 0.29) is 12.0 Å². The second-order valence-corrected chi connectivity index (χ2v) is 14.7. The van der Waals surface area contributed by atoms with Crippen LogP contribution < -0.4 is 4.74 Å². The molecule has 252 valence electrons. The summed E-state index contributed by atoms with van der Waals surface area (Å²) in [5.41, 5.74) is 10.6. The fraction of sp³-hybridized carbons (Fsp3) is 0.0385. The Morgan fingerprint density at radius 1 is 0.426 bits per heavy atom. The van der Waals surface area contributed by atoms with Crippen LogP contribution in [0.5, 0.6) is 5.75 Å². The summed E-state index contributed by atoms with van der Waals surface area (Å²) in [5, 5.41) is 11.1. The molecule has 2 heteroatoms. The van der Waals surface area contributed by atoms with E-state index < -0.39 is 0 Å². The summed E-state index contributed by atoms with van der Waals surface area (Å²) in [7, 11) is 0. The van der Waals surface area contributed by atoms with E-state index in [4.69, 9.17) is 9.15 Å². The van der Waals surface area contributed by atoms with Crippen molar-refractivity contribution >= 4 is 60.1 Å². The van der Waals surface area contributed by atoms with Crippen molar-refractivity contribution in [3.8, 4) is 39.1 Å². The van der Waals surface area contributed by atoms with E-state index in [2.05, 4.69) is 176 Å². The third kappa shape index (κ3) is 4.22. The largest absolute Gasteiger partial charge is 0.481 e. The summed E-state index contributed by atoms with van der Waals surface area (Å²) in [6.45, 7) is 0. The highest BCUT2D eigenvalue weighted by Crippen LogP contribution is 2.52. The lowest BCUT2D eigenvalue weighted by Gasteiger charge is -2.20. The van der Waals surface area contributed by atoms with E-state index in [9.17, 15) is 0 Å². The van der Waals surface area contributed by atoms with E-state index >= 15 is 0 Å². The fourth-order valence-corrected chi connectivity index (χ4v) is 9.39. The molecule has 12 rings (SSSR count). The van der Waals surface area contributed by atoms with Gasteiger partial charge in [0, 0.05) is 16.5 Å². The van der Waals surface area contributed by atoms with Gasteiger partial charge >= 0.3 is 0 Å². The van der Waals surface area contributed by atoms with Gasteiger partial charge in [-0.15, -0.1) is 0 Å². The van der Waals surface area contributed by atoms with E-state index in [1.165, 1.54) is 82.0 Å². The first-order chi connectivity index (χ1) is 26.8. The minimum atomic E-state index is -0.143.